The highest BCUT2D eigenvalue weighted by molar-refractivity contribution is 8.77. The molecule has 0 aliphatic rings. The summed E-state index contributed by atoms with van der Waals surface area (Å²) < 4.78 is 21.2. The summed E-state index contributed by atoms with van der Waals surface area (Å²) in [5.74, 6) is 1.02. The highest BCUT2D eigenvalue weighted by atomic mass is 33.1. The van der Waals surface area contributed by atoms with Crippen molar-refractivity contribution in [2.75, 3.05) is 25.6 Å². The van der Waals surface area contributed by atoms with Gasteiger partial charge in [-0.2, -0.15) is 0 Å². The van der Waals surface area contributed by atoms with Crippen molar-refractivity contribution in [1.29, 1.82) is 0 Å². The van der Waals surface area contributed by atoms with E-state index in [1.54, 1.807) is 22.1 Å². The van der Waals surface area contributed by atoms with Crippen molar-refractivity contribution in [3.8, 4) is 0 Å². The van der Waals surface area contributed by atoms with Crippen LogP contribution in [0.15, 0.2) is 28.6 Å². The van der Waals surface area contributed by atoms with Crippen LogP contribution in [0.5, 0.6) is 0 Å². The van der Waals surface area contributed by atoms with Crippen molar-refractivity contribution in [3.63, 3.8) is 0 Å². The lowest BCUT2D eigenvalue weighted by atomic mass is 10.3. The van der Waals surface area contributed by atoms with Gasteiger partial charge in [0.25, 0.3) is 0 Å². The van der Waals surface area contributed by atoms with E-state index in [2.05, 4.69) is 45.9 Å². The number of nitrogens with zero attached hydrogens (tertiary/aromatic N) is 1. The minimum Gasteiger partial charge on any atom is -0.373 e. The zero-order valence-corrected chi connectivity index (χ0v) is 20.9. The summed E-state index contributed by atoms with van der Waals surface area (Å²) in [7, 11) is 0.974. The minimum atomic E-state index is -2.65. The highest BCUT2D eigenvalue weighted by Gasteiger charge is 2.46. The average molecular weight is 460 g/mol. The predicted octanol–water partition coefficient (Wildman–Crippen LogP) is 7.04. The van der Waals surface area contributed by atoms with E-state index in [1.165, 1.54) is 4.70 Å². The van der Waals surface area contributed by atoms with Gasteiger partial charge in [0.1, 0.15) is 0 Å². The number of aromatic nitrogens is 1. The van der Waals surface area contributed by atoms with E-state index in [1.807, 2.05) is 16.9 Å². The van der Waals surface area contributed by atoms with Gasteiger partial charge >= 0.3 is 8.80 Å². The Kier molecular flexibility index (Phi) is 11.4. The van der Waals surface area contributed by atoms with Gasteiger partial charge in [0.15, 0.2) is 4.34 Å². The van der Waals surface area contributed by atoms with E-state index >= 15 is 0 Å². The van der Waals surface area contributed by atoms with Gasteiger partial charge < -0.3 is 13.3 Å². The summed E-state index contributed by atoms with van der Waals surface area (Å²) in [6, 6.07) is 8.31. The molecule has 0 saturated carbocycles. The van der Waals surface area contributed by atoms with Gasteiger partial charge in [-0.3, -0.25) is 0 Å². The van der Waals surface area contributed by atoms with Crippen LogP contribution in [0.1, 0.15) is 53.4 Å². The average Bonchev–Trinajstić information content (AvgIpc) is 3.13. The number of hydrogen-bond donors (Lipinski definition) is 0. The molecule has 2 aromatic rings. The molecule has 2 rings (SSSR count). The molecular formula is C20H33NO3S3Si. The molecule has 28 heavy (non-hydrogen) atoms. The second-order valence-corrected chi connectivity index (χ2v) is 13.4. The van der Waals surface area contributed by atoms with Crippen molar-refractivity contribution < 1.29 is 13.3 Å². The Labute approximate surface area is 182 Å². The predicted molar refractivity (Wildman–Crippen MR) is 126 cm³/mol. The van der Waals surface area contributed by atoms with Crippen LogP contribution in [0.3, 0.4) is 0 Å². The van der Waals surface area contributed by atoms with Crippen LogP contribution in [0.25, 0.3) is 10.2 Å². The van der Waals surface area contributed by atoms with Gasteiger partial charge in [-0.25, -0.2) is 4.98 Å². The summed E-state index contributed by atoms with van der Waals surface area (Å²) in [5, 5.41) is 0. The van der Waals surface area contributed by atoms with Crippen LogP contribution < -0.4 is 0 Å². The molecule has 1 heterocycles. The molecule has 4 nitrogen and oxygen atoms in total. The lowest BCUT2D eigenvalue weighted by Crippen LogP contribution is -2.50. The molecule has 1 aromatic heterocycles. The van der Waals surface area contributed by atoms with Crippen LogP contribution in [0.4, 0.5) is 0 Å². The Balaban J connectivity index is 1.89. The molecule has 0 saturated heterocycles. The highest BCUT2D eigenvalue weighted by Crippen LogP contribution is 2.39. The van der Waals surface area contributed by atoms with Crippen molar-refractivity contribution in [2.24, 2.45) is 0 Å². The fourth-order valence-electron chi connectivity index (χ4n) is 2.67. The first-order chi connectivity index (χ1) is 13.6. The van der Waals surface area contributed by atoms with Crippen molar-refractivity contribution in [1.82, 2.24) is 4.98 Å². The van der Waals surface area contributed by atoms with Crippen LogP contribution in [-0.2, 0) is 13.3 Å². The van der Waals surface area contributed by atoms with E-state index in [9.17, 15) is 0 Å². The second kappa shape index (κ2) is 13.3. The molecule has 0 radical (unpaired) electrons. The Bertz CT molecular complexity index is 631. The van der Waals surface area contributed by atoms with Gasteiger partial charge in [0, 0.05) is 31.1 Å². The number of hydrogen-bond acceptors (Lipinski definition) is 7. The van der Waals surface area contributed by atoms with Gasteiger partial charge in [0.2, 0.25) is 0 Å². The summed E-state index contributed by atoms with van der Waals surface area (Å²) in [4.78, 5) is 4.69. The normalized spacial score (nSPS) is 13.3. The largest absolute Gasteiger partial charge is 0.503 e. The number of para-hydroxylation sites is 1. The third kappa shape index (κ3) is 7.30. The third-order valence-electron chi connectivity index (χ3n) is 4.16. The minimum absolute atomic E-state index is 0.292. The first-order valence-corrected chi connectivity index (χ1v) is 15.2. The molecule has 0 amide bonds. The molecule has 0 N–H and O–H groups in total. The van der Waals surface area contributed by atoms with Gasteiger partial charge in [-0.05, 0) is 48.6 Å². The van der Waals surface area contributed by atoms with Crippen LogP contribution >= 0.6 is 32.9 Å². The smallest absolute Gasteiger partial charge is 0.373 e. The Morgan fingerprint density at radius 1 is 1.00 bits per heavy atom. The molecule has 1 unspecified atom stereocenters. The van der Waals surface area contributed by atoms with Gasteiger partial charge in [-0.1, -0.05) is 50.6 Å². The van der Waals surface area contributed by atoms with Gasteiger partial charge in [-0.15, -0.1) is 11.3 Å². The summed E-state index contributed by atoms with van der Waals surface area (Å²) in [5.41, 5.74) is 1.38. The van der Waals surface area contributed by atoms with Crippen LogP contribution in [0.2, 0.25) is 5.54 Å². The van der Waals surface area contributed by atoms with E-state index in [0.717, 1.165) is 41.3 Å². The lowest BCUT2D eigenvalue weighted by Gasteiger charge is -2.34. The molecule has 0 fully saturated rings. The molecule has 0 aliphatic heterocycles. The summed E-state index contributed by atoms with van der Waals surface area (Å²) >= 11 is 1.76. The number of rotatable bonds is 15. The summed E-state index contributed by atoms with van der Waals surface area (Å²) in [6.07, 6.45) is 3.96. The summed E-state index contributed by atoms with van der Waals surface area (Å²) in [6.45, 7) is 10.7. The van der Waals surface area contributed by atoms with Crippen LogP contribution in [0, 0.1) is 0 Å². The number of fused-ring (bicyclic) bond motifs is 1. The lowest BCUT2D eigenvalue weighted by molar-refractivity contribution is 0.0505. The molecule has 1 atom stereocenters. The second-order valence-electron chi connectivity index (χ2n) is 6.69. The van der Waals surface area contributed by atoms with E-state index in [0.29, 0.717) is 25.4 Å². The molecule has 0 spiro atoms. The monoisotopic (exact) mass is 459 g/mol. The number of thiazole rings is 1. The quantitative estimate of drug-likeness (QED) is 0.162. The zero-order valence-electron chi connectivity index (χ0n) is 17.4. The maximum Gasteiger partial charge on any atom is 0.503 e. The van der Waals surface area contributed by atoms with Crippen LogP contribution in [-0.4, -0.2) is 39.4 Å². The Morgan fingerprint density at radius 3 is 2.18 bits per heavy atom. The Hall–Kier alpha value is -0.0931. The SMILES string of the molecule is CCCO[Si](OCCC)(OCCC)C(C)CCSSc1nc2ccccc2s1. The van der Waals surface area contributed by atoms with Crippen molar-refractivity contribution >= 4 is 51.9 Å². The molecule has 158 valence electrons. The molecular weight excluding hydrogens is 427 g/mol. The topological polar surface area (TPSA) is 40.6 Å². The van der Waals surface area contributed by atoms with Crippen molar-refractivity contribution in [2.45, 2.75) is 63.3 Å². The third-order valence-corrected chi connectivity index (χ3v) is 11.2. The van der Waals surface area contributed by atoms with Gasteiger partial charge in [0.05, 0.1) is 10.2 Å². The Morgan fingerprint density at radius 2 is 1.61 bits per heavy atom. The van der Waals surface area contributed by atoms with E-state index < -0.39 is 8.80 Å². The standard InChI is InChI=1S/C20H33NO3S3Si/c1-5-13-22-28(23-14-6-2,24-15-7-3)17(4)12-16-25-27-20-21-18-10-8-9-11-19(18)26-20/h8-11,17H,5-7,12-16H2,1-4H3. The van der Waals surface area contributed by atoms with E-state index in [4.69, 9.17) is 18.3 Å². The molecule has 0 aliphatic carbocycles. The first-order valence-electron chi connectivity index (χ1n) is 10.2. The molecule has 0 bridgehead atoms. The fraction of sp³-hybridized carbons (Fsp3) is 0.650. The number of benzene rings is 1. The molecule has 8 heteroatoms. The molecule has 1 aromatic carbocycles. The first kappa shape index (κ1) is 24.2. The maximum absolute atomic E-state index is 6.27. The maximum atomic E-state index is 6.27. The van der Waals surface area contributed by atoms with E-state index in [-0.39, 0.29) is 0 Å². The fourth-order valence-corrected chi connectivity index (χ4v) is 9.51. The van der Waals surface area contributed by atoms with Crippen molar-refractivity contribution in [3.05, 3.63) is 24.3 Å². The zero-order chi connectivity index (χ0) is 20.2.